The van der Waals surface area contributed by atoms with Crippen molar-refractivity contribution in [3.63, 3.8) is 0 Å². The molecule has 3 aliphatic heterocycles. The van der Waals surface area contributed by atoms with Gasteiger partial charge in [-0.15, -0.1) is 0 Å². The quantitative estimate of drug-likeness (QED) is 0.441. The van der Waals surface area contributed by atoms with E-state index in [1.165, 1.54) is 19.3 Å². The second kappa shape index (κ2) is 11.9. The van der Waals surface area contributed by atoms with Crippen LogP contribution in [0.4, 0.5) is 5.69 Å². The fraction of sp³-hybridized carbons (Fsp3) is 0.429. The number of allylic oxidation sites excluding steroid dienone is 2. The first-order valence-electron chi connectivity index (χ1n) is 12.7. The zero-order valence-corrected chi connectivity index (χ0v) is 20.6. The van der Waals surface area contributed by atoms with Gasteiger partial charge in [-0.25, -0.2) is 0 Å². The monoisotopic (exact) mass is 476 g/mol. The maximum Gasteiger partial charge on any atom is 0.256 e. The zero-order chi connectivity index (χ0) is 24.6. The predicted octanol–water partition coefficient (Wildman–Crippen LogP) is 3.67. The van der Waals surface area contributed by atoms with Gasteiger partial charge in [0.2, 0.25) is 0 Å². The predicted molar refractivity (Wildman–Crippen MR) is 139 cm³/mol. The Hall–Kier alpha value is -3.32. The molecule has 3 aliphatic rings. The Morgan fingerprint density at radius 2 is 1.91 bits per heavy atom. The van der Waals surface area contributed by atoms with E-state index in [1.54, 1.807) is 12.3 Å². The number of hydrogen-bond donors (Lipinski definition) is 2. The van der Waals surface area contributed by atoms with Gasteiger partial charge < -0.3 is 25.2 Å². The van der Waals surface area contributed by atoms with Crippen LogP contribution in [0.1, 0.15) is 39.0 Å². The number of carbonyl (C=O) groups is 2. The highest BCUT2D eigenvalue weighted by atomic mass is 16.5. The summed E-state index contributed by atoms with van der Waals surface area (Å²) in [7, 11) is 0. The van der Waals surface area contributed by atoms with Gasteiger partial charge in [-0.2, -0.15) is 0 Å². The number of fused-ring (bicyclic) bond motifs is 4. The minimum atomic E-state index is -0.340. The van der Waals surface area contributed by atoms with Gasteiger partial charge in [-0.05, 0) is 50.6 Å². The van der Waals surface area contributed by atoms with Crippen molar-refractivity contribution in [3.8, 4) is 5.75 Å². The number of para-hydroxylation sites is 2. The molecule has 2 bridgehead atoms. The first kappa shape index (κ1) is 24.8. The lowest BCUT2D eigenvalue weighted by Gasteiger charge is -2.30. The Kier molecular flexibility index (Phi) is 8.42. The number of Topliss-reactive ketones (excluding diaryl/α,β-unsaturated/α-hetero) is 1. The van der Waals surface area contributed by atoms with E-state index in [-0.39, 0.29) is 17.3 Å². The minimum absolute atomic E-state index is 0.143. The summed E-state index contributed by atoms with van der Waals surface area (Å²) in [4.78, 5) is 30.7. The maximum absolute atomic E-state index is 13.3. The van der Waals surface area contributed by atoms with Gasteiger partial charge in [-0.1, -0.05) is 44.6 Å². The number of rotatable bonds is 8. The first-order valence-corrected chi connectivity index (χ1v) is 12.7. The number of amides is 1. The van der Waals surface area contributed by atoms with E-state index in [0.29, 0.717) is 30.2 Å². The van der Waals surface area contributed by atoms with Gasteiger partial charge in [0.05, 0.1) is 17.9 Å². The third-order valence-corrected chi connectivity index (χ3v) is 6.57. The second-order valence-corrected chi connectivity index (χ2v) is 9.20. The van der Waals surface area contributed by atoms with Crippen LogP contribution in [0.2, 0.25) is 0 Å². The number of anilines is 1. The molecule has 0 aliphatic carbocycles. The number of benzene rings is 1. The first-order chi connectivity index (χ1) is 17.1. The number of likely N-dealkylation sites (tertiary alicyclic amines) is 1. The fourth-order valence-corrected chi connectivity index (χ4v) is 4.54. The molecule has 0 saturated carbocycles. The Bertz CT molecular complexity index is 1050. The van der Waals surface area contributed by atoms with Crippen molar-refractivity contribution in [1.29, 1.82) is 0 Å². The van der Waals surface area contributed by atoms with Crippen molar-refractivity contribution >= 4 is 17.4 Å². The molecule has 186 valence electrons. The van der Waals surface area contributed by atoms with E-state index >= 15 is 0 Å². The highest BCUT2D eigenvalue weighted by molar-refractivity contribution is 6.26. The minimum Gasteiger partial charge on any atom is -0.454 e. The van der Waals surface area contributed by atoms with Gasteiger partial charge in [0.1, 0.15) is 11.3 Å². The molecule has 3 heterocycles. The number of nitrogens with zero attached hydrogens (tertiary/aromatic N) is 2. The molecule has 0 unspecified atom stereocenters. The molecular formula is C28H36N4O3. The third kappa shape index (κ3) is 6.22. The normalized spacial score (nSPS) is 21.5. The summed E-state index contributed by atoms with van der Waals surface area (Å²) in [6.07, 6.45) is 11.0. The number of unbranched alkanes of at least 4 members (excludes halogenated alkanes) is 1. The smallest absolute Gasteiger partial charge is 0.256 e. The third-order valence-electron chi connectivity index (χ3n) is 6.57. The van der Waals surface area contributed by atoms with Gasteiger partial charge in [0.15, 0.2) is 11.5 Å². The van der Waals surface area contributed by atoms with Crippen LogP contribution >= 0.6 is 0 Å². The zero-order valence-electron chi connectivity index (χ0n) is 20.6. The lowest BCUT2D eigenvalue weighted by Crippen LogP contribution is -2.41. The molecule has 7 nitrogen and oxygen atoms in total. The van der Waals surface area contributed by atoms with E-state index in [4.69, 9.17) is 4.74 Å². The van der Waals surface area contributed by atoms with E-state index in [0.717, 1.165) is 50.4 Å². The molecular weight excluding hydrogens is 440 g/mol. The lowest BCUT2D eigenvalue weighted by molar-refractivity contribution is -0.121. The van der Waals surface area contributed by atoms with Crippen molar-refractivity contribution in [2.24, 2.45) is 0 Å². The standard InChI is InChI=1S/C28H36N4O3/c1-3-4-14-29-24-13-12-22-19-32(25-10-6-7-11-26(25)35-21(24)2)20-23(27(22)33)28(34)30-15-18-31-16-8-5-9-17-31/h6-7,10-13,20,29H,2-5,8-9,14-19H2,1H3,(H,30,34)/b22-12+,24-13+. The summed E-state index contributed by atoms with van der Waals surface area (Å²) in [5.74, 6) is 0.522. The Balaban J connectivity index is 1.59. The highest BCUT2D eigenvalue weighted by Crippen LogP contribution is 2.34. The SMILES string of the molecule is C=C1Oc2ccccc2N2C=C(C(=O)NCCN3CCCCC3)C(=O)/C(=C/C=C\1NCCCC)C2. The van der Waals surface area contributed by atoms with Crippen LogP contribution in [-0.4, -0.2) is 55.9 Å². The van der Waals surface area contributed by atoms with Crippen molar-refractivity contribution in [3.05, 3.63) is 71.8 Å². The second-order valence-electron chi connectivity index (χ2n) is 9.20. The van der Waals surface area contributed by atoms with E-state index < -0.39 is 0 Å². The molecule has 0 atom stereocenters. The number of piperidine rings is 1. The molecule has 4 rings (SSSR count). The molecule has 1 amide bonds. The summed E-state index contributed by atoms with van der Waals surface area (Å²) in [5, 5.41) is 6.33. The molecule has 2 N–H and O–H groups in total. The Morgan fingerprint density at radius 3 is 2.71 bits per heavy atom. The maximum atomic E-state index is 13.3. The number of carbonyl (C=O) groups excluding carboxylic acids is 2. The Morgan fingerprint density at radius 1 is 1.11 bits per heavy atom. The van der Waals surface area contributed by atoms with Crippen molar-refractivity contribution in [1.82, 2.24) is 15.5 Å². The average Bonchev–Trinajstić information content (AvgIpc) is 2.87. The molecule has 7 heteroatoms. The molecule has 1 fully saturated rings. The van der Waals surface area contributed by atoms with Crippen LogP contribution in [0, 0.1) is 0 Å². The molecule has 1 saturated heterocycles. The Labute approximate surface area is 208 Å². The van der Waals surface area contributed by atoms with Gasteiger partial charge in [-0.3, -0.25) is 9.59 Å². The van der Waals surface area contributed by atoms with Crippen LogP contribution in [-0.2, 0) is 9.59 Å². The average molecular weight is 477 g/mol. The summed E-state index contributed by atoms with van der Waals surface area (Å²) in [6, 6.07) is 7.61. The molecule has 0 radical (unpaired) electrons. The summed E-state index contributed by atoms with van der Waals surface area (Å²) in [5.41, 5.74) is 2.20. The van der Waals surface area contributed by atoms with Gasteiger partial charge in [0, 0.05) is 31.4 Å². The lowest BCUT2D eigenvalue weighted by atomic mass is 9.97. The molecule has 0 spiro atoms. The van der Waals surface area contributed by atoms with Crippen LogP contribution in [0.3, 0.4) is 0 Å². The van der Waals surface area contributed by atoms with Crippen molar-refractivity contribution in [2.45, 2.75) is 39.0 Å². The number of nitrogens with one attached hydrogen (secondary N) is 2. The summed E-state index contributed by atoms with van der Waals surface area (Å²) in [6.45, 7) is 10.8. The largest absolute Gasteiger partial charge is 0.454 e. The molecule has 0 aromatic heterocycles. The fourth-order valence-electron chi connectivity index (χ4n) is 4.54. The van der Waals surface area contributed by atoms with Crippen LogP contribution < -0.4 is 20.3 Å². The van der Waals surface area contributed by atoms with Crippen molar-refractivity contribution in [2.75, 3.05) is 44.2 Å². The van der Waals surface area contributed by atoms with Gasteiger partial charge in [0.25, 0.3) is 5.91 Å². The van der Waals surface area contributed by atoms with E-state index in [1.807, 2.05) is 35.2 Å². The number of ether oxygens (including phenoxy) is 1. The highest BCUT2D eigenvalue weighted by Gasteiger charge is 2.30. The summed E-state index contributed by atoms with van der Waals surface area (Å²) >= 11 is 0. The molecule has 1 aromatic carbocycles. The number of ketones is 1. The summed E-state index contributed by atoms with van der Waals surface area (Å²) < 4.78 is 6.15. The number of hydrogen-bond acceptors (Lipinski definition) is 6. The van der Waals surface area contributed by atoms with Crippen LogP contribution in [0.15, 0.2) is 71.8 Å². The van der Waals surface area contributed by atoms with Crippen LogP contribution in [0.25, 0.3) is 0 Å². The van der Waals surface area contributed by atoms with Crippen molar-refractivity contribution < 1.29 is 14.3 Å². The van der Waals surface area contributed by atoms with E-state index in [2.05, 4.69) is 29.0 Å². The van der Waals surface area contributed by atoms with Gasteiger partial charge >= 0.3 is 0 Å². The molecule has 1 aromatic rings. The topological polar surface area (TPSA) is 73.9 Å². The van der Waals surface area contributed by atoms with E-state index in [9.17, 15) is 9.59 Å². The molecule has 35 heavy (non-hydrogen) atoms. The van der Waals surface area contributed by atoms with Crippen LogP contribution in [0.5, 0.6) is 5.75 Å².